The van der Waals surface area contributed by atoms with Gasteiger partial charge in [-0.3, -0.25) is 9.59 Å². The first-order valence-electron chi connectivity index (χ1n) is 9.89. The molecule has 0 saturated carbocycles. The van der Waals surface area contributed by atoms with Gasteiger partial charge in [0.05, 0.1) is 33.1 Å². The highest BCUT2D eigenvalue weighted by Crippen LogP contribution is 2.26. The molecule has 168 valence electrons. The number of aromatic nitrogens is 3. The number of halogens is 2. The second-order valence-corrected chi connectivity index (χ2v) is 9.15. The molecule has 2 aromatic carbocycles. The zero-order valence-corrected chi connectivity index (χ0v) is 20.1. The minimum Gasteiger partial charge on any atom is -0.342 e. The van der Waals surface area contributed by atoms with Crippen molar-refractivity contribution in [3.63, 3.8) is 0 Å². The van der Waals surface area contributed by atoms with Crippen molar-refractivity contribution in [2.45, 2.75) is 25.0 Å². The molecule has 0 aliphatic heterocycles. The van der Waals surface area contributed by atoms with E-state index in [2.05, 4.69) is 20.8 Å². The highest BCUT2D eigenvalue weighted by atomic mass is 35.5. The molecule has 0 radical (unpaired) electrons. The Bertz CT molecular complexity index is 1120. The van der Waals surface area contributed by atoms with E-state index in [4.69, 9.17) is 23.2 Å². The van der Waals surface area contributed by atoms with E-state index in [1.54, 1.807) is 60.1 Å². The van der Waals surface area contributed by atoms with Crippen LogP contribution in [0.15, 0.2) is 53.7 Å². The Labute approximate surface area is 200 Å². The summed E-state index contributed by atoms with van der Waals surface area (Å²) >= 11 is 13.5. The van der Waals surface area contributed by atoms with Crippen molar-refractivity contribution in [3.05, 3.63) is 70.0 Å². The summed E-state index contributed by atoms with van der Waals surface area (Å²) in [6.45, 7) is 3.96. The Morgan fingerprint density at radius 3 is 2.34 bits per heavy atom. The van der Waals surface area contributed by atoms with E-state index in [1.165, 1.54) is 11.8 Å². The van der Waals surface area contributed by atoms with Gasteiger partial charge in [0.1, 0.15) is 0 Å². The summed E-state index contributed by atoms with van der Waals surface area (Å²) in [5.74, 6) is 0.279. The van der Waals surface area contributed by atoms with Crippen molar-refractivity contribution >= 4 is 52.5 Å². The Hall–Kier alpha value is -2.55. The summed E-state index contributed by atoms with van der Waals surface area (Å²) in [6, 6.07) is 13.5. The molecule has 1 atom stereocenters. The molecule has 0 spiro atoms. The second-order valence-electron chi connectivity index (χ2n) is 7.39. The van der Waals surface area contributed by atoms with Crippen LogP contribution in [0.5, 0.6) is 0 Å². The molecule has 1 heterocycles. The Kier molecular flexibility index (Phi) is 8.17. The number of para-hydroxylation sites is 1. The fraction of sp³-hybridized carbons (Fsp3) is 0.273. The van der Waals surface area contributed by atoms with Gasteiger partial charge in [0.15, 0.2) is 11.0 Å². The number of nitrogens with zero attached hydrogens (tertiary/aromatic N) is 3. The largest absolute Gasteiger partial charge is 0.342 e. The molecular formula is C22H23Cl2N5O2S. The predicted octanol–water partition coefficient (Wildman–Crippen LogP) is 4.98. The van der Waals surface area contributed by atoms with Crippen LogP contribution in [-0.4, -0.2) is 32.3 Å². The minimum absolute atomic E-state index is 0.0470. The maximum Gasteiger partial charge on any atom is 0.253 e. The summed E-state index contributed by atoms with van der Waals surface area (Å²) in [5.41, 5.74) is 0.952. The van der Waals surface area contributed by atoms with Gasteiger partial charge in [0, 0.05) is 7.05 Å². The van der Waals surface area contributed by atoms with Crippen molar-refractivity contribution in [1.29, 1.82) is 0 Å². The Morgan fingerprint density at radius 2 is 1.69 bits per heavy atom. The van der Waals surface area contributed by atoms with Gasteiger partial charge in [-0.1, -0.05) is 73.1 Å². The zero-order valence-electron chi connectivity index (χ0n) is 17.8. The highest BCUT2D eigenvalue weighted by Gasteiger charge is 2.26. The maximum absolute atomic E-state index is 12.8. The van der Waals surface area contributed by atoms with Crippen LogP contribution in [0, 0.1) is 5.92 Å². The lowest BCUT2D eigenvalue weighted by molar-refractivity contribution is -0.113. The van der Waals surface area contributed by atoms with E-state index in [1.807, 2.05) is 13.8 Å². The van der Waals surface area contributed by atoms with Crippen LogP contribution < -0.4 is 10.6 Å². The Balaban J connectivity index is 1.68. The number of thioether (sulfide) groups is 1. The first-order chi connectivity index (χ1) is 15.3. The second kappa shape index (κ2) is 10.8. The van der Waals surface area contributed by atoms with Gasteiger partial charge < -0.3 is 15.2 Å². The fourth-order valence-corrected chi connectivity index (χ4v) is 4.12. The third kappa shape index (κ3) is 5.82. The standard InChI is InChI=1S/C22H23Cl2N5O2S/c1-13(2)19(26-21(31)14-8-4-5-9-15(14)23)20-27-28-22(29(20)3)32-12-18(30)25-17-11-7-6-10-16(17)24/h4-11,13,19H,12H2,1-3H3,(H,25,30)(H,26,31)/t19-/m0/s1. The number of nitrogens with one attached hydrogen (secondary N) is 2. The Morgan fingerprint density at radius 1 is 1.03 bits per heavy atom. The summed E-state index contributed by atoms with van der Waals surface area (Å²) in [4.78, 5) is 25.1. The molecule has 0 bridgehead atoms. The summed E-state index contributed by atoms with van der Waals surface area (Å²) in [7, 11) is 1.81. The third-order valence-corrected chi connectivity index (χ3v) is 6.38. The van der Waals surface area contributed by atoms with Gasteiger partial charge in [0.25, 0.3) is 5.91 Å². The monoisotopic (exact) mass is 491 g/mol. The lowest BCUT2D eigenvalue weighted by Crippen LogP contribution is -2.33. The maximum atomic E-state index is 12.8. The van der Waals surface area contributed by atoms with Crippen LogP contribution in [0.1, 0.15) is 36.1 Å². The number of hydrogen-bond acceptors (Lipinski definition) is 5. The average Bonchev–Trinajstić information content (AvgIpc) is 3.12. The summed E-state index contributed by atoms with van der Waals surface area (Å²) in [6.07, 6.45) is 0. The van der Waals surface area contributed by atoms with E-state index in [0.717, 1.165) is 0 Å². The van der Waals surface area contributed by atoms with Crippen LogP contribution in [0.25, 0.3) is 0 Å². The molecule has 3 aromatic rings. The third-order valence-electron chi connectivity index (χ3n) is 4.70. The van der Waals surface area contributed by atoms with E-state index in [9.17, 15) is 9.59 Å². The average molecular weight is 492 g/mol. The molecule has 0 unspecified atom stereocenters. The van der Waals surface area contributed by atoms with Crippen molar-refractivity contribution < 1.29 is 9.59 Å². The van der Waals surface area contributed by atoms with Crippen LogP contribution in [0.3, 0.4) is 0 Å². The van der Waals surface area contributed by atoms with Crippen LogP contribution in [0.2, 0.25) is 10.0 Å². The molecule has 0 saturated heterocycles. The van der Waals surface area contributed by atoms with Gasteiger partial charge in [-0.2, -0.15) is 0 Å². The predicted molar refractivity (Wildman–Crippen MR) is 128 cm³/mol. The lowest BCUT2D eigenvalue weighted by Gasteiger charge is -2.22. The van der Waals surface area contributed by atoms with Gasteiger partial charge in [-0.05, 0) is 30.2 Å². The number of carbonyl (C=O) groups excluding carboxylic acids is 2. The van der Waals surface area contributed by atoms with E-state index < -0.39 is 0 Å². The molecule has 0 aliphatic carbocycles. The topological polar surface area (TPSA) is 88.9 Å². The van der Waals surface area contributed by atoms with Crippen molar-refractivity contribution in [1.82, 2.24) is 20.1 Å². The normalized spacial score (nSPS) is 11.9. The molecule has 10 heteroatoms. The van der Waals surface area contributed by atoms with Gasteiger partial charge >= 0.3 is 0 Å². The fourth-order valence-electron chi connectivity index (χ4n) is 3.00. The molecule has 2 N–H and O–H groups in total. The van der Waals surface area contributed by atoms with Gasteiger partial charge in [-0.15, -0.1) is 10.2 Å². The molecule has 0 aliphatic rings. The first-order valence-corrected chi connectivity index (χ1v) is 11.6. The molecule has 32 heavy (non-hydrogen) atoms. The number of amides is 2. The van der Waals surface area contributed by atoms with Crippen LogP contribution >= 0.6 is 35.0 Å². The number of carbonyl (C=O) groups is 2. The quantitative estimate of drug-likeness (QED) is 0.433. The van der Waals surface area contributed by atoms with E-state index in [0.29, 0.717) is 32.3 Å². The SMILES string of the molecule is CC(C)[C@H](NC(=O)c1ccccc1Cl)c1nnc(SCC(=O)Nc2ccccc2Cl)n1C. The van der Waals surface area contributed by atoms with Crippen molar-refractivity contribution in [2.75, 3.05) is 11.1 Å². The van der Waals surface area contributed by atoms with Crippen LogP contribution in [0.4, 0.5) is 5.69 Å². The number of anilines is 1. The van der Waals surface area contributed by atoms with Gasteiger partial charge in [-0.25, -0.2) is 0 Å². The summed E-state index contributed by atoms with van der Waals surface area (Å²) < 4.78 is 1.78. The molecule has 3 rings (SSSR count). The highest BCUT2D eigenvalue weighted by molar-refractivity contribution is 7.99. The van der Waals surface area contributed by atoms with Crippen LogP contribution in [-0.2, 0) is 11.8 Å². The lowest BCUT2D eigenvalue weighted by atomic mass is 10.0. The zero-order chi connectivity index (χ0) is 23.3. The summed E-state index contributed by atoms with van der Waals surface area (Å²) in [5, 5.41) is 15.7. The number of rotatable bonds is 8. The van der Waals surface area contributed by atoms with E-state index >= 15 is 0 Å². The smallest absolute Gasteiger partial charge is 0.253 e. The number of benzene rings is 2. The molecule has 7 nitrogen and oxygen atoms in total. The van der Waals surface area contributed by atoms with Gasteiger partial charge in [0.2, 0.25) is 5.91 Å². The van der Waals surface area contributed by atoms with Crippen molar-refractivity contribution in [2.24, 2.45) is 13.0 Å². The number of hydrogen-bond donors (Lipinski definition) is 2. The van der Waals surface area contributed by atoms with E-state index in [-0.39, 0.29) is 29.5 Å². The minimum atomic E-state index is -0.387. The molecule has 0 fully saturated rings. The molecular weight excluding hydrogens is 469 g/mol. The molecule has 2 amide bonds. The van der Waals surface area contributed by atoms with Crippen molar-refractivity contribution in [3.8, 4) is 0 Å². The first kappa shape index (κ1) is 24.1. The molecule has 1 aromatic heterocycles.